The van der Waals surface area contributed by atoms with Crippen LogP contribution in [-0.4, -0.2) is 61.3 Å². The molecular formula is C14H28IN3OS2. The van der Waals surface area contributed by atoms with Gasteiger partial charge >= 0.3 is 0 Å². The Bertz CT molecular complexity index is 319. The van der Waals surface area contributed by atoms with Crippen LogP contribution in [0.3, 0.4) is 0 Å². The maximum absolute atomic E-state index is 5.48. The fourth-order valence-corrected chi connectivity index (χ4v) is 4.67. The minimum absolute atomic E-state index is 0. The maximum atomic E-state index is 5.48. The number of ether oxygens (including phenoxy) is 1. The van der Waals surface area contributed by atoms with E-state index in [9.17, 15) is 0 Å². The van der Waals surface area contributed by atoms with Gasteiger partial charge in [0.2, 0.25) is 0 Å². The lowest BCUT2D eigenvalue weighted by Gasteiger charge is -2.36. The summed E-state index contributed by atoms with van der Waals surface area (Å²) in [6, 6.07) is 0. The van der Waals surface area contributed by atoms with E-state index in [0.717, 1.165) is 50.4 Å². The van der Waals surface area contributed by atoms with Crippen LogP contribution in [0.15, 0.2) is 4.99 Å². The van der Waals surface area contributed by atoms with E-state index in [0.29, 0.717) is 4.75 Å². The SMILES string of the molecule is CN=C(NCC1CCCS1)NCC1(SC)CCOCC1.I. The van der Waals surface area contributed by atoms with E-state index in [1.165, 1.54) is 18.6 Å². The number of halogens is 1. The first-order valence-corrected chi connectivity index (χ1v) is 9.74. The first kappa shape index (κ1) is 19.7. The van der Waals surface area contributed by atoms with Crippen molar-refractivity contribution in [2.24, 2.45) is 4.99 Å². The van der Waals surface area contributed by atoms with Gasteiger partial charge in [0.05, 0.1) is 0 Å². The van der Waals surface area contributed by atoms with E-state index in [4.69, 9.17) is 4.74 Å². The molecule has 0 saturated carbocycles. The van der Waals surface area contributed by atoms with Crippen LogP contribution in [0.1, 0.15) is 25.7 Å². The van der Waals surface area contributed by atoms with Crippen molar-refractivity contribution in [2.45, 2.75) is 35.7 Å². The molecule has 1 unspecified atom stereocenters. The molecule has 0 aromatic carbocycles. The van der Waals surface area contributed by atoms with Crippen LogP contribution in [0.2, 0.25) is 0 Å². The Balaban J connectivity index is 0.00000220. The van der Waals surface area contributed by atoms with E-state index < -0.39 is 0 Å². The van der Waals surface area contributed by atoms with E-state index >= 15 is 0 Å². The topological polar surface area (TPSA) is 45.7 Å². The number of hydrogen-bond acceptors (Lipinski definition) is 4. The Labute approximate surface area is 154 Å². The van der Waals surface area contributed by atoms with E-state index in [1.54, 1.807) is 0 Å². The highest BCUT2D eigenvalue weighted by Crippen LogP contribution is 2.33. The normalized spacial score (nSPS) is 25.2. The van der Waals surface area contributed by atoms with Gasteiger partial charge in [0, 0.05) is 43.3 Å². The second-order valence-electron chi connectivity index (χ2n) is 5.44. The quantitative estimate of drug-likeness (QED) is 0.387. The summed E-state index contributed by atoms with van der Waals surface area (Å²) in [7, 11) is 1.85. The van der Waals surface area contributed by atoms with Crippen LogP contribution in [0.5, 0.6) is 0 Å². The highest BCUT2D eigenvalue weighted by atomic mass is 127. The van der Waals surface area contributed by atoms with Gasteiger partial charge < -0.3 is 15.4 Å². The Morgan fingerprint density at radius 2 is 2.14 bits per heavy atom. The van der Waals surface area contributed by atoms with Crippen molar-refractivity contribution in [3.05, 3.63) is 0 Å². The first-order chi connectivity index (χ1) is 9.78. The molecule has 0 spiro atoms. The van der Waals surface area contributed by atoms with Crippen LogP contribution in [0.25, 0.3) is 0 Å². The highest BCUT2D eigenvalue weighted by Gasteiger charge is 2.31. The Kier molecular flexibility index (Phi) is 9.79. The molecule has 0 radical (unpaired) electrons. The molecule has 2 heterocycles. The third kappa shape index (κ3) is 6.35. The third-order valence-electron chi connectivity index (χ3n) is 4.16. The fourth-order valence-electron chi connectivity index (χ4n) is 2.68. The molecule has 124 valence electrons. The smallest absolute Gasteiger partial charge is 0.191 e. The van der Waals surface area contributed by atoms with Crippen molar-refractivity contribution in [3.63, 3.8) is 0 Å². The minimum atomic E-state index is 0. The van der Waals surface area contributed by atoms with Gasteiger partial charge in [0.25, 0.3) is 0 Å². The van der Waals surface area contributed by atoms with Gasteiger partial charge in [-0.15, -0.1) is 24.0 Å². The van der Waals surface area contributed by atoms with Crippen molar-refractivity contribution < 1.29 is 4.74 Å². The van der Waals surface area contributed by atoms with Gasteiger partial charge in [0.1, 0.15) is 0 Å². The summed E-state index contributed by atoms with van der Waals surface area (Å²) in [5.41, 5.74) is 0. The lowest BCUT2D eigenvalue weighted by Crippen LogP contribution is -2.48. The molecule has 7 heteroatoms. The number of thioether (sulfide) groups is 2. The van der Waals surface area contributed by atoms with Crippen LogP contribution >= 0.6 is 47.5 Å². The van der Waals surface area contributed by atoms with E-state index in [1.807, 2.05) is 18.8 Å². The van der Waals surface area contributed by atoms with Gasteiger partial charge in [-0.25, -0.2) is 0 Å². The molecule has 4 nitrogen and oxygen atoms in total. The molecule has 2 fully saturated rings. The first-order valence-electron chi connectivity index (χ1n) is 7.47. The lowest BCUT2D eigenvalue weighted by atomic mass is 9.99. The van der Waals surface area contributed by atoms with Crippen LogP contribution in [-0.2, 0) is 4.74 Å². The van der Waals surface area contributed by atoms with Crippen LogP contribution in [0.4, 0.5) is 0 Å². The van der Waals surface area contributed by atoms with Crippen molar-refractivity contribution >= 4 is 53.5 Å². The summed E-state index contributed by atoms with van der Waals surface area (Å²) >= 11 is 4.04. The molecule has 2 rings (SSSR count). The van der Waals surface area contributed by atoms with Gasteiger partial charge in [0.15, 0.2) is 5.96 Å². The maximum Gasteiger partial charge on any atom is 0.191 e. The Hall–Kier alpha value is 0.660. The van der Waals surface area contributed by atoms with Crippen molar-refractivity contribution in [3.8, 4) is 0 Å². The average Bonchev–Trinajstić information content (AvgIpc) is 3.02. The summed E-state index contributed by atoms with van der Waals surface area (Å²) in [6.45, 7) is 3.76. The third-order valence-corrected chi connectivity index (χ3v) is 6.98. The molecule has 2 N–H and O–H groups in total. The number of nitrogens with one attached hydrogen (secondary N) is 2. The van der Waals surface area contributed by atoms with Gasteiger partial charge in [-0.1, -0.05) is 0 Å². The predicted molar refractivity (Wildman–Crippen MR) is 107 cm³/mol. The Morgan fingerprint density at radius 3 is 2.71 bits per heavy atom. The molecule has 1 atom stereocenters. The van der Waals surface area contributed by atoms with Crippen molar-refractivity contribution in [2.75, 3.05) is 45.4 Å². The van der Waals surface area contributed by atoms with Crippen molar-refractivity contribution in [1.82, 2.24) is 10.6 Å². The molecule has 0 bridgehead atoms. The van der Waals surface area contributed by atoms with Gasteiger partial charge in [-0.05, 0) is 37.7 Å². The van der Waals surface area contributed by atoms with E-state index in [-0.39, 0.29) is 24.0 Å². The molecule has 2 aliphatic rings. The molecule has 21 heavy (non-hydrogen) atoms. The zero-order valence-corrected chi connectivity index (χ0v) is 17.0. The molecule has 0 amide bonds. The molecule has 2 saturated heterocycles. The summed E-state index contributed by atoms with van der Waals surface area (Å²) in [6.07, 6.45) is 7.14. The van der Waals surface area contributed by atoms with E-state index in [2.05, 4.69) is 33.6 Å². The largest absolute Gasteiger partial charge is 0.381 e. The molecule has 0 aromatic rings. The standard InChI is InChI=1S/C14H27N3OS2.HI/c1-15-13(16-10-12-4-3-9-20-12)17-11-14(19-2)5-7-18-8-6-14;/h12H,3-11H2,1-2H3,(H2,15,16,17);1H. The summed E-state index contributed by atoms with van der Waals surface area (Å²) in [5.74, 6) is 2.26. The summed E-state index contributed by atoms with van der Waals surface area (Å²) < 4.78 is 5.79. The lowest BCUT2D eigenvalue weighted by molar-refractivity contribution is 0.0783. The van der Waals surface area contributed by atoms with Gasteiger partial charge in [-0.2, -0.15) is 23.5 Å². The summed E-state index contributed by atoms with van der Waals surface area (Å²) in [4.78, 5) is 4.34. The molecule has 2 aliphatic heterocycles. The highest BCUT2D eigenvalue weighted by molar-refractivity contribution is 14.0. The van der Waals surface area contributed by atoms with Crippen LogP contribution in [0, 0.1) is 0 Å². The number of guanidine groups is 1. The monoisotopic (exact) mass is 445 g/mol. The molecular weight excluding hydrogens is 417 g/mol. The van der Waals surface area contributed by atoms with Crippen LogP contribution < -0.4 is 10.6 Å². The number of hydrogen-bond donors (Lipinski definition) is 2. The zero-order valence-electron chi connectivity index (χ0n) is 13.0. The zero-order chi connectivity index (χ0) is 14.3. The second kappa shape index (κ2) is 10.4. The predicted octanol–water partition coefficient (Wildman–Crippen LogP) is 2.58. The Morgan fingerprint density at radius 1 is 1.38 bits per heavy atom. The second-order valence-corrected chi connectivity index (χ2v) is 8.12. The summed E-state index contributed by atoms with van der Waals surface area (Å²) in [5, 5.41) is 7.73. The van der Waals surface area contributed by atoms with Gasteiger partial charge in [-0.3, -0.25) is 4.99 Å². The number of rotatable bonds is 5. The fraction of sp³-hybridized carbons (Fsp3) is 0.929. The molecule has 0 aliphatic carbocycles. The number of aliphatic imine (C=N–C) groups is 1. The number of nitrogens with zero attached hydrogens (tertiary/aromatic N) is 1. The van der Waals surface area contributed by atoms with Crippen molar-refractivity contribution in [1.29, 1.82) is 0 Å². The minimum Gasteiger partial charge on any atom is -0.381 e. The molecule has 0 aromatic heterocycles. The average molecular weight is 445 g/mol.